The summed E-state index contributed by atoms with van der Waals surface area (Å²) in [5.41, 5.74) is 1.20. The Hall–Kier alpha value is -0.310. The smallest absolute Gasteiger partial charge is 0.177 e. The molecule has 0 spiro atoms. The third-order valence-corrected chi connectivity index (χ3v) is 1.96. The lowest BCUT2D eigenvalue weighted by molar-refractivity contribution is 0.718. The van der Waals surface area contributed by atoms with Gasteiger partial charge in [-0.3, -0.25) is 0 Å². The van der Waals surface area contributed by atoms with Crippen molar-refractivity contribution in [2.24, 2.45) is 0 Å². The minimum absolute atomic E-state index is 0.919. The highest BCUT2D eigenvalue weighted by Gasteiger charge is 1.98. The number of aryl methyl sites for hydroxylation is 1. The van der Waals surface area contributed by atoms with E-state index in [9.17, 15) is 0 Å². The van der Waals surface area contributed by atoms with Crippen LogP contribution in [0.15, 0.2) is 10.9 Å². The average molecular weight is 189 g/mol. The molecule has 0 saturated heterocycles. The highest BCUT2D eigenvalue weighted by atomic mass is 79.9. The molecule has 1 heterocycles. The van der Waals surface area contributed by atoms with E-state index in [4.69, 9.17) is 0 Å². The van der Waals surface area contributed by atoms with Gasteiger partial charge in [0.15, 0.2) is 4.73 Å². The van der Waals surface area contributed by atoms with Crippen LogP contribution < -0.4 is 0 Å². The molecule has 3 heteroatoms. The molecule has 0 fully saturated rings. The normalized spacial score (nSPS) is 10.1. The van der Waals surface area contributed by atoms with E-state index >= 15 is 0 Å². The number of aromatic nitrogens is 2. The molecular weight excluding hydrogens is 180 g/mol. The maximum Gasteiger partial charge on any atom is 0.177 e. The summed E-state index contributed by atoms with van der Waals surface area (Å²) in [4.78, 5) is 4.07. The molecule has 0 unspecified atom stereocenters. The molecule has 0 N–H and O–H groups in total. The van der Waals surface area contributed by atoms with Crippen LogP contribution in [0, 0.1) is 6.92 Å². The molecule has 0 aliphatic rings. The summed E-state index contributed by atoms with van der Waals surface area (Å²) in [6, 6.07) is 0. The van der Waals surface area contributed by atoms with E-state index in [1.807, 2.05) is 13.1 Å². The molecule has 2 nitrogen and oxygen atoms in total. The van der Waals surface area contributed by atoms with Gasteiger partial charge < -0.3 is 4.57 Å². The van der Waals surface area contributed by atoms with Crippen molar-refractivity contribution < 1.29 is 0 Å². The SMILES string of the molecule is CCn1c(C)cnc1Br. The number of hydrogen-bond donors (Lipinski definition) is 0. The molecule has 0 aromatic carbocycles. The number of rotatable bonds is 1. The molecule has 0 saturated carbocycles. The van der Waals surface area contributed by atoms with Crippen LogP contribution in [0.2, 0.25) is 0 Å². The number of halogens is 1. The van der Waals surface area contributed by atoms with E-state index in [0.717, 1.165) is 11.3 Å². The van der Waals surface area contributed by atoms with E-state index < -0.39 is 0 Å². The van der Waals surface area contributed by atoms with Crippen LogP contribution in [-0.4, -0.2) is 9.55 Å². The molecule has 1 rings (SSSR count). The third-order valence-electron chi connectivity index (χ3n) is 1.32. The Bertz CT molecular complexity index is 185. The van der Waals surface area contributed by atoms with Gasteiger partial charge >= 0.3 is 0 Å². The van der Waals surface area contributed by atoms with Crippen molar-refractivity contribution in [3.8, 4) is 0 Å². The maximum absolute atomic E-state index is 4.07. The topological polar surface area (TPSA) is 17.8 Å². The summed E-state index contributed by atoms with van der Waals surface area (Å²) in [5, 5.41) is 0. The molecule has 1 aromatic heterocycles. The Balaban J connectivity index is 3.07. The lowest BCUT2D eigenvalue weighted by Gasteiger charge is -1.99. The van der Waals surface area contributed by atoms with Gasteiger partial charge in [0.2, 0.25) is 0 Å². The van der Waals surface area contributed by atoms with Crippen molar-refractivity contribution in [3.63, 3.8) is 0 Å². The second-order valence-electron chi connectivity index (χ2n) is 1.91. The second kappa shape index (κ2) is 2.52. The van der Waals surface area contributed by atoms with Crippen molar-refractivity contribution in [1.29, 1.82) is 0 Å². The van der Waals surface area contributed by atoms with Crippen molar-refractivity contribution in [3.05, 3.63) is 16.6 Å². The van der Waals surface area contributed by atoms with Gasteiger partial charge in [-0.15, -0.1) is 0 Å². The summed E-state index contributed by atoms with van der Waals surface area (Å²) >= 11 is 3.33. The Morgan fingerprint density at radius 3 is 2.67 bits per heavy atom. The van der Waals surface area contributed by atoms with Gasteiger partial charge in [0, 0.05) is 18.4 Å². The zero-order chi connectivity index (χ0) is 6.85. The molecule has 1 aromatic rings. The van der Waals surface area contributed by atoms with Gasteiger partial charge in [-0.25, -0.2) is 4.98 Å². The van der Waals surface area contributed by atoms with Gasteiger partial charge in [-0.2, -0.15) is 0 Å². The zero-order valence-electron chi connectivity index (χ0n) is 5.56. The van der Waals surface area contributed by atoms with Crippen molar-refractivity contribution >= 4 is 15.9 Å². The molecule has 0 aliphatic carbocycles. The molecule has 0 radical (unpaired) electrons. The first-order valence-electron chi connectivity index (χ1n) is 2.93. The predicted octanol–water partition coefficient (Wildman–Crippen LogP) is 1.97. The number of nitrogens with zero attached hydrogens (tertiary/aromatic N) is 2. The van der Waals surface area contributed by atoms with Crippen LogP contribution in [0.5, 0.6) is 0 Å². The lowest BCUT2D eigenvalue weighted by atomic mass is 10.5. The van der Waals surface area contributed by atoms with E-state index in [2.05, 4.69) is 32.4 Å². The second-order valence-corrected chi connectivity index (χ2v) is 2.62. The zero-order valence-corrected chi connectivity index (χ0v) is 7.14. The summed E-state index contributed by atoms with van der Waals surface area (Å²) in [7, 11) is 0. The summed E-state index contributed by atoms with van der Waals surface area (Å²) in [6.07, 6.45) is 1.85. The van der Waals surface area contributed by atoms with Gasteiger partial charge in [-0.1, -0.05) is 0 Å². The van der Waals surface area contributed by atoms with Crippen molar-refractivity contribution in [1.82, 2.24) is 9.55 Å². The number of hydrogen-bond acceptors (Lipinski definition) is 1. The first-order chi connectivity index (χ1) is 4.25. The van der Waals surface area contributed by atoms with Crippen molar-refractivity contribution in [2.45, 2.75) is 20.4 Å². The Morgan fingerprint density at radius 2 is 2.44 bits per heavy atom. The fourth-order valence-corrected chi connectivity index (χ4v) is 1.44. The fraction of sp³-hybridized carbons (Fsp3) is 0.500. The van der Waals surface area contributed by atoms with E-state index in [1.165, 1.54) is 5.69 Å². The third kappa shape index (κ3) is 1.15. The van der Waals surface area contributed by atoms with Crippen LogP contribution in [-0.2, 0) is 6.54 Å². The van der Waals surface area contributed by atoms with Crippen LogP contribution in [0.3, 0.4) is 0 Å². The van der Waals surface area contributed by atoms with E-state index in [-0.39, 0.29) is 0 Å². The molecule has 0 bridgehead atoms. The van der Waals surface area contributed by atoms with Crippen LogP contribution in [0.25, 0.3) is 0 Å². The van der Waals surface area contributed by atoms with Gasteiger partial charge in [0.1, 0.15) is 0 Å². The van der Waals surface area contributed by atoms with Gasteiger partial charge in [0.05, 0.1) is 0 Å². The monoisotopic (exact) mass is 188 g/mol. The van der Waals surface area contributed by atoms with Gasteiger partial charge in [0.25, 0.3) is 0 Å². The first-order valence-corrected chi connectivity index (χ1v) is 3.72. The standard InChI is InChI=1S/C6H9BrN2/c1-3-9-5(2)4-8-6(9)7/h4H,3H2,1-2H3. The summed E-state index contributed by atoms with van der Waals surface area (Å²) in [6.45, 7) is 5.12. The van der Waals surface area contributed by atoms with Crippen LogP contribution in [0.1, 0.15) is 12.6 Å². The van der Waals surface area contributed by atoms with E-state index in [1.54, 1.807) is 0 Å². The molecule has 0 atom stereocenters. The average Bonchev–Trinajstić information content (AvgIpc) is 2.12. The minimum Gasteiger partial charge on any atom is -0.323 e. The Morgan fingerprint density at radius 1 is 1.78 bits per heavy atom. The molecule has 0 amide bonds. The van der Waals surface area contributed by atoms with Gasteiger partial charge in [-0.05, 0) is 29.8 Å². The largest absolute Gasteiger partial charge is 0.323 e. The highest BCUT2D eigenvalue weighted by molar-refractivity contribution is 9.10. The minimum atomic E-state index is 0.919. The lowest BCUT2D eigenvalue weighted by Crippen LogP contribution is -1.95. The first kappa shape index (κ1) is 6.81. The summed E-state index contributed by atoms with van der Waals surface area (Å²) in [5.74, 6) is 0. The summed E-state index contributed by atoms with van der Waals surface area (Å²) < 4.78 is 3.02. The number of imidazole rings is 1. The quantitative estimate of drug-likeness (QED) is 0.660. The molecule has 0 aliphatic heterocycles. The van der Waals surface area contributed by atoms with Crippen LogP contribution in [0.4, 0.5) is 0 Å². The fourth-order valence-electron chi connectivity index (χ4n) is 0.811. The molecular formula is C6H9BrN2. The highest BCUT2D eigenvalue weighted by Crippen LogP contribution is 2.09. The molecule has 9 heavy (non-hydrogen) atoms. The Labute approximate surface area is 63.0 Å². The molecule has 50 valence electrons. The van der Waals surface area contributed by atoms with Crippen molar-refractivity contribution in [2.75, 3.05) is 0 Å². The predicted molar refractivity (Wildman–Crippen MR) is 40.3 cm³/mol. The Kier molecular flexibility index (Phi) is 1.90. The maximum atomic E-state index is 4.07. The van der Waals surface area contributed by atoms with Crippen LogP contribution >= 0.6 is 15.9 Å². The van der Waals surface area contributed by atoms with E-state index in [0.29, 0.717) is 0 Å².